The fourth-order valence-corrected chi connectivity index (χ4v) is 3.94. The predicted octanol–water partition coefficient (Wildman–Crippen LogP) is 3.30. The maximum Gasteiger partial charge on any atom is 0.407 e. The van der Waals surface area contributed by atoms with Crippen LogP contribution in [0.2, 0.25) is 0 Å². The van der Waals surface area contributed by atoms with E-state index in [0.717, 1.165) is 22.3 Å². The van der Waals surface area contributed by atoms with Gasteiger partial charge in [0.2, 0.25) is 5.91 Å². The number of fused-ring (bicyclic) bond motifs is 3. The highest BCUT2D eigenvalue weighted by Crippen LogP contribution is 2.44. The number of carbonyl (C=O) groups excluding carboxylic acids is 2. The van der Waals surface area contributed by atoms with E-state index in [1.165, 1.54) is 14.0 Å². The number of hydrogen-bond acceptors (Lipinski definition) is 5. The highest BCUT2D eigenvalue weighted by atomic mass is 16.5. The predicted molar refractivity (Wildman–Crippen MR) is 123 cm³/mol. The van der Waals surface area contributed by atoms with Gasteiger partial charge in [-0.3, -0.25) is 9.59 Å². The molecule has 0 spiro atoms. The van der Waals surface area contributed by atoms with Gasteiger partial charge in [0.15, 0.2) is 0 Å². The zero-order chi connectivity index (χ0) is 24.2. The number of benzene rings is 2. The van der Waals surface area contributed by atoms with Crippen LogP contribution in [0, 0.1) is 0 Å². The fourth-order valence-electron chi connectivity index (χ4n) is 3.94. The molecule has 2 aromatic rings. The molecule has 2 atom stereocenters. The topological polar surface area (TPSA) is 114 Å². The van der Waals surface area contributed by atoms with Crippen LogP contribution in [0.5, 0.6) is 0 Å². The molecule has 0 heterocycles. The number of carboxylic acids is 1. The minimum absolute atomic E-state index is 0.105. The number of carboxylic acid groups (broad SMARTS) is 1. The molecule has 0 aromatic heterocycles. The summed E-state index contributed by atoms with van der Waals surface area (Å²) in [4.78, 5) is 36.5. The number of amides is 2. The Morgan fingerprint density at radius 2 is 1.55 bits per heavy atom. The van der Waals surface area contributed by atoms with E-state index in [1.54, 1.807) is 13.8 Å². The first-order valence-corrected chi connectivity index (χ1v) is 10.8. The Morgan fingerprint density at radius 3 is 2.06 bits per heavy atom. The van der Waals surface area contributed by atoms with E-state index in [4.69, 9.17) is 14.6 Å². The maximum atomic E-state index is 12.7. The molecule has 0 saturated heterocycles. The first-order valence-electron chi connectivity index (χ1n) is 10.8. The van der Waals surface area contributed by atoms with Gasteiger partial charge in [0.25, 0.3) is 0 Å². The second-order valence-corrected chi connectivity index (χ2v) is 8.76. The van der Waals surface area contributed by atoms with Crippen molar-refractivity contribution in [3.8, 4) is 11.1 Å². The van der Waals surface area contributed by atoms with Gasteiger partial charge in [-0.2, -0.15) is 0 Å². The number of ether oxygens (including phenoxy) is 2. The van der Waals surface area contributed by atoms with Gasteiger partial charge < -0.3 is 25.2 Å². The Labute approximate surface area is 193 Å². The average molecular weight is 455 g/mol. The van der Waals surface area contributed by atoms with Crippen LogP contribution in [0.15, 0.2) is 48.5 Å². The van der Waals surface area contributed by atoms with E-state index >= 15 is 0 Å². The van der Waals surface area contributed by atoms with E-state index < -0.39 is 35.7 Å². The molecule has 1 unspecified atom stereocenters. The number of carbonyl (C=O) groups is 3. The summed E-state index contributed by atoms with van der Waals surface area (Å²) < 4.78 is 10.9. The molecule has 2 amide bonds. The van der Waals surface area contributed by atoms with Crippen molar-refractivity contribution < 1.29 is 29.0 Å². The van der Waals surface area contributed by atoms with Crippen LogP contribution in [0.4, 0.5) is 4.79 Å². The third-order valence-corrected chi connectivity index (χ3v) is 5.93. The van der Waals surface area contributed by atoms with E-state index in [-0.39, 0.29) is 18.9 Å². The number of methoxy groups -OCH3 is 1. The second-order valence-electron chi connectivity index (χ2n) is 8.76. The summed E-state index contributed by atoms with van der Waals surface area (Å²) in [6.07, 6.45) is -0.627. The first kappa shape index (κ1) is 24.3. The summed E-state index contributed by atoms with van der Waals surface area (Å²) in [5.74, 6) is -1.91. The Balaban J connectivity index is 1.70. The van der Waals surface area contributed by atoms with Crippen molar-refractivity contribution in [2.75, 3.05) is 13.7 Å². The number of alkyl carbamates (subject to hydrolysis) is 1. The molecule has 8 nitrogen and oxygen atoms in total. The molecule has 0 fully saturated rings. The number of rotatable bonds is 9. The van der Waals surface area contributed by atoms with Gasteiger partial charge in [0.05, 0.1) is 5.60 Å². The lowest BCUT2D eigenvalue weighted by Crippen LogP contribution is -2.53. The summed E-state index contributed by atoms with van der Waals surface area (Å²) >= 11 is 0. The lowest BCUT2D eigenvalue weighted by Gasteiger charge is -2.29. The van der Waals surface area contributed by atoms with Crippen molar-refractivity contribution in [3.63, 3.8) is 0 Å². The second kappa shape index (κ2) is 10.0. The van der Waals surface area contributed by atoms with Gasteiger partial charge in [0, 0.05) is 19.4 Å². The molecule has 2 aromatic carbocycles. The van der Waals surface area contributed by atoms with Crippen LogP contribution in [0.3, 0.4) is 0 Å². The standard InChI is InChI=1S/C25H30N2O6/c1-15(23(29)30)26-22(28)21(13-25(2,3)32-4)27-24(31)33-14-20-18-11-7-5-9-16(18)17-10-6-8-12-19(17)20/h5-12,15,20-21H,13-14H2,1-4H3,(H,26,28)(H,27,31)(H,29,30)/t15-,21?/m0/s1. The molecular formula is C25H30N2O6. The van der Waals surface area contributed by atoms with E-state index in [2.05, 4.69) is 10.6 Å². The summed E-state index contributed by atoms with van der Waals surface area (Å²) in [5.41, 5.74) is 3.66. The molecule has 8 heteroatoms. The van der Waals surface area contributed by atoms with Gasteiger partial charge in [-0.15, -0.1) is 0 Å². The van der Waals surface area contributed by atoms with Crippen LogP contribution in [-0.4, -0.2) is 54.5 Å². The Morgan fingerprint density at radius 1 is 1.00 bits per heavy atom. The van der Waals surface area contributed by atoms with Crippen molar-refractivity contribution in [1.29, 1.82) is 0 Å². The lowest BCUT2D eigenvalue weighted by atomic mass is 9.98. The summed E-state index contributed by atoms with van der Waals surface area (Å²) in [6.45, 7) is 5.00. The summed E-state index contributed by atoms with van der Waals surface area (Å²) in [6, 6.07) is 13.9. The molecule has 0 bridgehead atoms. The third kappa shape index (κ3) is 5.70. The van der Waals surface area contributed by atoms with Crippen molar-refractivity contribution >= 4 is 18.0 Å². The summed E-state index contributed by atoms with van der Waals surface area (Å²) in [7, 11) is 1.50. The van der Waals surface area contributed by atoms with Gasteiger partial charge in [-0.25, -0.2) is 4.79 Å². The van der Waals surface area contributed by atoms with Crippen molar-refractivity contribution in [1.82, 2.24) is 10.6 Å². The molecule has 176 valence electrons. The Hall–Kier alpha value is -3.39. The largest absolute Gasteiger partial charge is 0.480 e. The monoisotopic (exact) mass is 454 g/mol. The normalized spacial score (nSPS) is 14.5. The average Bonchev–Trinajstić information content (AvgIpc) is 3.10. The molecule has 3 rings (SSSR count). The van der Waals surface area contributed by atoms with E-state index in [9.17, 15) is 14.4 Å². The van der Waals surface area contributed by atoms with Gasteiger partial charge >= 0.3 is 12.1 Å². The van der Waals surface area contributed by atoms with Crippen LogP contribution in [-0.2, 0) is 19.1 Å². The lowest BCUT2D eigenvalue weighted by molar-refractivity contribution is -0.141. The summed E-state index contributed by atoms with van der Waals surface area (Å²) in [5, 5.41) is 14.1. The zero-order valence-electron chi connectivity index (χ0n) is 19.3. The molecule has 1 aliphatic rings. The molecular weight excluding hydrogens is 424 g/mol. The number of aliphatic carboxylic acids is 1. The third-order valence-electron chi connectivity index (χ3n) is 5.93. The van der Waals surface area contributed by atoms with Gasteiger partial charge in [-0.1, -0.05) is 48.5 Å². The quantitative estimate of drug-likeness (QED) is 0.536. The molecule has 0 radical (unpaired) electrons. The van der Waals surface area contributed by atoms with Gasteiger partial charge in [-0.05, 0) is 43.0 Å². The van der Waals surface area contributed by atoms with E-state index in [1.807, 2.05) is 48.5 Å². The minimum Gasteiger partial charge on any atom is -0.480 e. The van der Waals surface area contributed by atoms with Gasteiger partial charge in [0.1, 0.15) is 18.7 Å². The minimum atomic E-state index is -1.17. The van der Waals surface area contributed by atoms with Crippen molar-refractivity contribution in [2.45, 2.75) is 50.8 Å². The van der Waals surface area contributed by atoms with E-state index in [0.29, 0.717) is 0 Å². The smallest absolute Gasteiger partial charge is 0.407 e. The van der Waals surface area contributed by atoms with Crippen LogP contribution in [0.1, 0.15) is 44.2 Å². The highest BCUT2D eigenvalue weighted by molar-refractivity contribution is 5.89. The van der Waals surface area contributed by atoms with Crippen LogP contribution >= 0.6 is 0 Å². The molecule has 3 N–H and O–H groups in total. The zero-order valence-corrected chi connectivity index (χ0v) is 19.3. The Bertz CT molecular complexity index is 990. The molecule has 1 aliphatic carbocycles. The van der Waals surface area contributed by atoms with Crippen LogP contribution in [0.25, 0.3) is 11.1 Å². The molecule has 0 saturated carbocycles. The maximum absolute atomic E-state index is 12.7. The first-order chi connectivity index (χ1) is 15.6. The molecule has 33 heavy (non-hydrogen) atoms. The highest BCUT2D eigenvalue weighted by Gasteiger charge is 2.33. The number of nitrogens with one attached hydrogen (secondary N) is 2. The fraction of sp³-hybridized carbons (Fsp3) is 0.400. The Kier molecular flexibility index (Phi) is 7.38. The SMILES string of the molecule is COC(C)(C)CC(NC(=O)OCC1c2ccccc2-c2ccccc21)C(=O)N[C@@H](C)C(=O)O. The number of hydrogen-bond donors (Lipinski definition) is 3. The van der Waals surface area contributed by atoms with Crippen LogP contribution < -0.4 is 10.6 Å². The molecule has 0 aliphatic heterocycles. The van der Waals surface area contributed by atoms with Crippen molar-refractivity contribution in [2.24, 2.45) is 0 Å². The van der Waals surface area contributed by atoms with Crippen molar-refractivity contribution in [3.05, 3.63) is 59.7 Å².